The van der Waals surface area contributed by atoms with Crippen LogP contribution in [0.5, 0.6) is 0 Å². The van der Waals surface area contributed by atoms with Crippen LogP contribution in [0.1, 0.15) is 86.0 Å². The largest absolute Gasteiger partial charge is 0.353 e. The van der Waals surface area contributed by atoms with Crippen LogP contribution in [0.15, 0.2) is 0 Å². The molecule has 6 nitrogen and oxygen atoms in total. The number of carbonyl (C=O) groups excluding carboxylic acids is 3. The van der Waals surface area contributed by atoms with Crippen molar-refractivity contribution in [3.05, 3.63) is 0 Å². The van der Waals surface area contributed by atoms with Gasteiger partial charge in [-0.3, -0.25) is 14.4 Å². The number of carbonyl (C=O) groups is 3. The first-order valence-electron chi connectivity index (χ1n) is 13.0. The van der Waals surface area contributed by atoms with E-state index >= 15 is 0 Å². The molecular weight excluding hydrogens is 402 g/mol. The van der Waals surface area contributed by atoms with Gasteiger partial charge in [-0.05, 0) is 61.7 Å². The zero-order valence-corrected chi connectivity index (χ0v) is 20.9. The molecule has 3 amide bonds. The molecule has 0 spiro atoms. The maximum atomic E-state index is 13.4. The second-order valence-electron chi connectivity index (χ2n) is 11.6. The first kappa shape index (κ1) is 25.0. The van der Waals surface area contributed by atoms with Crippen LogP contribution in [0.4, 0.5) is 0 Å². The second-order valence-corrected chi connectivity index (χ2v) is 11.6. The van der Waals surface area contributed by atoms with Crippen LogP contribution >= 0.6 is 0 Å². The van der Waals surface area contributed by atoms with Crippen LogP contribution in [-0.2, 0) is 14.4 Å². The average molecular weight is 448 g/mol. The first-order valence-corrected chi connectivity index (χ1v) is 13.0. The number of hydrogen-bond donors (Lipinski definition) is 1. The highest BCUT2D eigenvalue weighted by atomic mass is 16.2. The van der Waals surface area contributed by atoms with Crippen LogP contribution in [-0.4, -0.2) is 59.2 Å². The van der Waals surface area contributed by atoms with Crippen LogP contribution in [0.25, 0.3) is 0 Å². The predicted octanol–water partition coefficient (Wildman–Crippen LogP) is 3.84. The van der Waals surface area contributed by atoms with Gasteiger partial charge in [0.15, 0.2) is 0 Å². The van der Waals surface area contributed by atoms with E-state index in [9.17, 15) is 14.4 Å². The van der Waals surface area contributed by atoms with Crippen molar-refractivity contribution in [2.45, 2.75) is 98.1 Å². The SMILES string of the molecule is CC(C)CC(=O)N1C[C@@H]2C[C@H](C1)[C@@H]1CCCC(=O)N[C@H](C(C)C)CC[C@@H](C)CC(=O)N1C2. The Kier molecular flexibility index (Phi) is 8.62. The van der Waals surface area contributed by atoms with Gasteiger partial charge in [-0.1, -0.05) is 34.6 Å². The lowest BCUT2D eigenvalue weighted by molar-refractivity contribution is -0.146. The van der Waals surface area contributed by atoms with Crippen molar-refractivity contribution in [2.75, 3.05) is 19.6 Å². The van der Waals surface area contributed by atoms with Gasteiger partial charge in [0.05, 0.1) is 0 Å². The number of rotatable bonds is 3. The highest BCUT2D eigenvalue weighted by molar-refractivity contribution is 5.78. The summed E-state index contributed by atoms with van der Waals surface area (Å²) in [6.07, 6.45) is 6.33. The van der Waals surface area contributed by atoms with E-state index in [-0.39, 0.29) is 29.8 Å². The Morgan fingerprint density at radius 2 is 1.81 bits per heavy atom. The minimum Gasteiger partial charge on any atom is -0.353 e. The number of piperidine rings is 2. The van der Waals surface area contributed by atoms with Crippen molar-refractivity contribution in [3.8, 4) is 0 Å². The van der Waals surface area contributed by atoms with E-state index in [0.29, 0.717) is 48.9 Å². The van der Waals surface area contributed by atoms with Gasteiger partial charge in [-0.2, -0.15) is 0 Å². The van der Waals surface area contributed by atoms with Gasteiger partial charge in [0.1, 0.15) is 0 Å². The number of likely N-dealkylation sites (tertiary alicyclic amines) is 1. The van der Waals surface area contributed by atoms with Gasteiger partial charge in [-0.25, -0.2) is 0 Å². The van der Waals surface area contributed by atoms with E-state index in [2.05, 4.69) is 49.7 Å². The Bertz CT molecular complexity index is 677. The third kappa shape index (κ3) is 6.48. The summed E-state index contributed by atoms with van der Waals surface area (Å²) in [7, 11) is 0. The molecule has 0 aromatic carbocycles. The van der Waals surface area contributed by atoms with E-state index in [0.717, 1.165) is 51.7 Å². The minimum absolute atomic E-state index is 0.138. The van der Waals surface area contributed by atoms with E-state index in [1.165, 1.54) is 0 Å². The molecule has 0 saturated carbocycles. The van der Waals surface area contributed by atoms with Crippen molar-refractivity contribution in [2.24, 2.45) is 29.6 Å². The van der Waals surface area contributed by atoms with Crippen LogP contribution in [0.2, 0.25) is 0 Å². The molecule has 0 radical (unpaired) electrons. The lowest BCUT2D eigenvalue weighted by atomic mass is 9.77. The smallest absolute Gasteiger partial charge is 0.223 e. The highest BCUT2D eigenvalue weighted by Crippen LogP contribution is 2.37. The summed E-state index contributed by atoms with van der Waals surface area (Å²) in [5.41, 5.74) is 0. The molecule has 6 heteroatoms. The van der Waals surface area contributed by atoms with Crippen molar-refractivity contribution in [1.29, 1.82) is 0 Å². The monoisotopic (exact) mass is 447 g/mol. The summed E-state index contributed by atoms with van der Waals surface area (Å²) in [5, 5.41) is 3.25. The maximum absolute atomic E-state index is 13.4. The first-order chi connectivity index (χ1) is 15.1. The highest BCUT2D eigenvalue weighted by Gasteiger charge is 2.43. The molecule has 3 fully saturated rings. The fourth-order valence-corrected chi connectivity index (χ4v) is 5.99. The van der Waals surface area contributed by atoms with E-state index in [1.807, 2.05) is 0 Å². The number of nitrogens with one attached hydrogen (secondary N) is 1. The molecule has 3 aliphatic heterocycles. The summed E-state index contributed by atoms with van der Waals surface area (Å²) >= 11 is 0. The molecule has 3 rings (SSSR count). The van der Waals surface area contributed by atoms with Gasteiger partial charge in [0.25, 0.3) is 0 Å². The Balaban J connectivity index is 1.74. The molecule has 32 heavy (non-hydrogen) atoms. The van der Waals surface area contributed by atoms with Crippen LogP contribution in [0.3, 0.4) is 0 Å². The molecular formula is C26H45N3O3. The molecule has 0 aliphatic carbocycles. The van der Waals surface area contributed by atoms with Crippen molar-refractivity contribution < 1.29 is 14.4 Å². The summed E-state index contributed by atoms with van der Waals surface area (Å²) in [5.74, 6) is 2.45. The molecule has 3 saturated heterocycles. The summed E-state index contributed by atoms with van der Waals surface area (Å²) in [4.78, 5) is 43.0. The molecule has 2 bridgehead atoms. The third-order valence-corrected chi connectivity index (χ3v) is 7.77. The van der Waals surface area contributed by atoms with E-state index in [1.54, 1.807) is 0 Å². The topological polar surface area (TPSA) is 69.7 Å². The standard InChI is InChI=1S/C26H45N3O3/c1-17(2)11-25(31)28-14-20-13-21(16-28)23-7-6-8-24(30)27-22(18(3)4)10-9-19(5)12-26(32)29(23)15-20/h17-23H,6-16H2,1-5H3,(H,27,30)/t19-,20+,21-,22+,23+/m1/s1. The Morgan fingerprint density at radius 3 is 2.50 bits per heavy atom. The van der Waals surface area contributed by atoms with Crippen molar-refractivity contribution in [1.82, 2.24) is 15.1 Å². The Hall–Kier alpha value is -1.59. The lowest BCUT2D eigenvalue weighted by Crippen LogP contribution is -2.60. The fraction of sp³-hybridized carbons (Fsp3) is 0.885. The zero-order valence-electron chi connectivity index (χ0n) is 20.9. The zero-order chi connectivity index (χ0) is 23.4. The van der Waals surface area contributed by atoms with Gasteiger partial charge >= 0.3 is 0 Å². The molecule has 3 aliphatic rings. The normalized spacial score (nSPS) is 32.7. The summed E-state index contributed by atoms with van der Waals surface area (Å²) in [6.45, 7) is 13.0. The predicted molar refractivity (Wildman–Crippen MR) is 127 cm³/mol. The van der Waals surface area contributed by atoms with E-state index in [4.69, 9.17) is 0 Å². The summed E-state index contributed by atoms with van der Waals surface area (Å²) < 4.78 is 0. The third-order valence-electron chi connectivity index (χ3n) is 7.77. The molecule has 0 unspecified atom stereocenters. The van der Waals surface area contributed by atoms with Gasteiger partial charge in [0, 0.05) is 51.0 Å². The number of amides is 3. The maximum Gasteiger partial charge on any atom is 0.223 e. The van der Waals surface area contributed by atoms with Crippen molar-refractivity contribution >= 4 is 17.7 Å². The average Bonchev–Trinajstić information content (AvgIpc) is 2.71. The van der Waals surface area contributed by atoms with Gasteiger partial charge in [-0.15, -0.1) is 0 Å². The van der Waals surface area contributed by atoms with E-state index < -0.39 is 0 Å². The minimum atomic E-state index is 0.138. The molecule has 5 atom stereocenters. The van der Waals surface area contributed by atoms with Crippen LogP contribution < -0.4 is 5.32 Å². The quantitative estimate of drug-likeness (QED) is 0.715. The Labute approximate surface area is 194 Å². The lowest BCUT2D eigenvalue weighted by Gasteiger charge is -2.51. The number of fused-ring (bicyclic) bond motifs is 4. The Morgan fingerprint density at radius 1 is 1.06 bits per heavy atom. The van der Waals surface area contributed by atoms with Crippen molar-refractivity contribution in [3.63, 3.8) is 0 Å². The molecule has 1 N–H and O–H groups in total. The molecule has 0 aromatic rings. The number of hydrogen-bond acceptors (Lipinski definition) is 3. The second kappa shape index (κ2) is 11.0. The number of nitrogens with zero attached hydrogens (tertiary/aromatic N) is 2. The van der Waals surface area contributed by atoms with Gasteiger partial charge < -0.3 is 15.1 Å². The summed E-state index contributed by atoms with van der Waals surface area (Å²) in [6, 6.07) is 0.332. The van der Waals surface area contributed by atoms with Gasteiger partial charge in [0.2, 0.25) is 17.7 Å². The molecule has 3 heterocycles. The fourth-order valence-electron chi connectivity index (χ4n) is 5.99. The van der Waals surface area contributed by atoms with Crippen LogP contribution in [0, 0.1) is 29.6 Å². The molecule has 182 valence electrons. The molecule has 0 aromatic heterocycles.